The number of nitrogens with one attached hydrogen (secondary N) is 1. The summed E-state index contributed by atoms with van der Waals surface area (Å²) in [7, 11) is 0. The summed E-state index contributed by atoms with van der Waals surface area (Å²) >= 11 is 6.52. The third-order valence-corrected chi connectivity index (χ3v) is 5.55. The molecule has 4 nitrogen and oxygen atoms in total. The van der Waals surface area contributed by atoms with E-state index >= 15 is 0 Å². The van der Waals surface area contributed by atoms with Crippen LogP contribution in [0.4, 0.5) is 0 Å². The maximum Gasteiger partial charge on any atom is 0.123 e. The van der Waals surface area contributed by atoms with Crippen LogP contribution >= 0.6 is 11.6 Å². The summed E-state index contributed by atoms with van der Waals surface area (Å²) in [5.74, 6) is 1.42. The SMILES string of the molecule is Cc1cc(OCC(c2ccccc2Cl)N2CCNCC2)c(C(C)C)cc1O. The first-order valence-corrected chi connectivity index (χ1v) is 10.0. The molecule has 0 spiro atoms. The Morgan fingerprint density at radius 3 is 2.52 bits per heavy atom. The number of hydrogen-bond acceptors (Lipinski definition) is 4. The minimum absolute atomic E-state index is 0.0925. The number of aryl methyl sites for hydroxylation is 1. The number of piperazine rings is 1. The molecular weight excluding hydrogens is 360 g/mol. The average Bonchev–Trinajstić information content (AvgIpc) is 2.66. The van der Waals surface area contributed by atoms with E-state index in [-0.39, 0.29) is 12.0 Å². The molecule has 2 N–H and O–H groups in total. The zero-order chi connectivity index (χ0) is 19.4. The third-order valence-electron chi connectivity index (χ3n) is 5.20. The number of halogens is 1. The van der Waals surface area contributed by atoms with E-state index in [0.717, 1.165) is 53.6 Å². The van der Waals surface area contributed by atoms with Gasteiger partial charge in [0.1, 0.15) is 18.1 Å². The van der Waals surface area contributed by atoms with Crippen molar-refractivity contribution in [1.82, 2.24) is 10.2 Å². The zero-order valence-corrected chi connectivity index (χ0v) is 17.1. The Morgan fingerprint density at radius 2 is 1.85 bits per heavy atom. The normalized spacial score (nSPS) is 16.5. The van der Waals surface area contributed by atoms with E-state index in [4.69, 9.17) is 16.3 Å². The lowest BCUT2D eigenvalue weighted by Gasteiger charge is -2.35. The van der Waals surface area contributed by atoms with Gasteiger partial charge in [-0.3, -0.25) is 4.90 Å². The fraction of sp³-hybridized carbons (Fsp3) is 0.455. The molecule has 1 aliphatic rings. The van der Waals surface area contributed by atoms with Gasteiger partial charge in [-0.1, -0.05) is 43.6 Å². The van der Waals surface area contributed by atoms with Gasteiger partial charge in [0.2, 0.25) is 0 Å². The first kappa shape index (κ1) is 20.0. The van der Waals surface area contributed by atoms with Crippen molar-refractivity contribution in [2.24, 2.45) is 0 Å². The van der Waals surface area contributed by atoms with E-state index < -0.39 is 0 Å². The third kappa shape index (κ3) is 4.75. The second kappa shape index (κ2) is 8.96. The molecule has 0 aliphatic carbocycles. The van der Waals surface area contributed by atoms with Crippen LogP contribution in [0.2, 0.25) is 5.02 Å². The number of hydrogen-bond donors (Lipinski definition) is 2. The van der Waals surface area contributed by atoms with Crippen molar-refractivity contribution in [1.29, 1.82) is 0 Å². The molecular formula is C22H29ClN2O2. The molecule has 0 bridgehead atoms. The Bertz CT molecular complexity index is 773. The van der Waals surface area contributed by atoms with Crippen LogP contribution in [0.3, 0.4) is 0 Å². The number of benzene rings is 2. The number of phenolic OH excluding ortho intramolecular Hbond substituents is 1. The summed E-state index contributed by atoms with van der Waals surface area (Å²) < 4.78 is 6.33. The van der Waals surface area contributed by atoms with Crippen LogP contribution < -0.4 is 10.1 Å². The highest BCUT2D eigenvalue weighted by molar-refractivity contribution is 6.31. The molecule has 27 heavy (non-hydrogen) atoms. The smallest absolute Gasteiger partial charge is 0.123 e. The van der Waals surface area contributed by atoms with Gasteiger partial charge in [-0.05, 0) is 42.2 Å². The molecule has 1 saturated heterocycles. The number of aromatic hydroxyl groups is 1. The summed E-state index contributed by atoms with van der Waals surface area (Å²) in [4.78, 5) is 2.43. The Hall–Kier alpha value is -1.75. The number of phenols is 1. The van der Waals surface area contributed by atoms with Gasteiger partial charge < -0.3 is 15.2 Å². The van der Waals surface area contributed by atoms with Gasteiger partial charge in [-0.25, -0.2) is 0 Å². The summed E-state index contributed by atoms with van der Waals surface area (Å²) in [5, 5.41) is 14.3. The minimum Gasteiger partial charge on any atom is -0.508 e. The maximum absolute atomic E-state index is 10.1. The Balaban J connectivity index is 1.87. The number of nitrogens with zero attached hydrogens (tertiary/aromatic N) is 1. The second-order valence-corrected chi connectivity index (χ2v) is 7.87. The van der Waals surface area contributed by atoms with Crippen LogP contribution in [0.25, 0.3) is 0 Å². The first-order chi connectivity index (χ1) is 13.0. The lowest BCUT2D eigenvalue weighted by Crippen LogP contribution is -2.46. The van der Waals surface area contributed by atoms with Crippen molar-refractivity contribution < 1.29 is 9.84 Å². The van der Waals surface area contributed by atoms with Crippen molar-refractivity contribution >= 4 is 11.6 Å². The molecule has 0 radical (unpaired) electrons. The largest absolute Gasteiger partial charge is 0.508 e. The maximum atomic E-state index is 10.1. The molecule has 1 heterocycles. The summed E-state index contributed by atoms with van der Waals surface area (Å²) in [6.45, 7) is 10.5. The molecule has 1 unspecified atom stereocenters. The topological polar surface area (TPSA) is 44.7 Å². The monoisotopic (exact) mass is 388 g/mol. The standard InChI is InChI=1S/C22H29ClN2O2/c1-15(2)18-13-21(26)16(3)12-22(18)27-14-20(25-10-8-24-9-11-25)17-6-4-5-7-19(17)23/h4-7,12-13,15,20,24,26H,8-11,14H2,1-3H3. The highest BCUT2D eigenvalue weighted by Crippen LogP contribution is 2.34. The van der Waals surface area contributed by atoms with Crippen molar-refractivity contribution in [2.75, 3.05) is 32.8 Å². The minimum atomic E-state index is 0.0925. The van der Waals surface area contributed by atoms with E-state index in [1.807, 2.05) is 37.3 Å². The average molecular weight is 389 g/mol. The first-order valence-electron chi connectivity index (χ1n) is 9.63. The van der Waals surface area contributed by atoms with Crippen molar-refractivity contribution in [2.45, 2.75) is 32.7 Å². The fourth-order valence-electron chi connectivity index (χ4n) is 3.56. The summed E-state index contributed by atoms with van der Waals surface area (Å²) in [6.07, 6.45) is 0. The van der Waals surface area contributed by atoms with Crippen LogP contribution in [0.15, 0.2) is 36.4 Å². The molecule has 0 saturated carbocycles. The van der Waals surface area contributed by atoms with Crippen molar-refractivity contribution in [3.05, 3.63) is 58.1 Å². The van der Waals surface area contributed by atoms with Crippen LogP contribution in [0, 0.1) is 6.92 Å². The molecule has 0 amide bonds. The molecule has 146 valence electrons. The van der Waals surface area contributed by atoms with Crippen LogP contribution in [-0.4, -0.2) is 42.8 Å². The van der Waals surface area contributed by atoms with Crippen LogP contribution in [-0.2, 0) is 0 Å². The molecule has 0 aromatic heterocycles. The van der Waals surface area contributed by atoms with E-state index in [9.17, 15) is 5.11 Å². The van der Waals surface area contributed by atoms with Gasteiger partial charge in [0.05, 0.1) is 6.04 Å². The molecule has 3 rings (SSSR count). The Morgan fingerprint density at radius 1 is 1.15 bits per heavy atom. The Labute approximate surface area is 167 Å². The van der Waals surface area contributed by atoms with Crippen molar-refractivity contribution in [3.8, 4) is 11.5 Å². The molecule has 1 atom stereocenters. The number of rotatable bonds is 6. The van der Waals surface area contributed by atoms with E-state index in [0.29, 0.717) is 12.4 Å². The summed E-state index contributed by atoms with van der Waals surface area (Å²) in [5.41, 5.74) is 2.95. The second-order valence-electron chi connectivity index (χ2n) is 7.47. The molecule has 2 aromatic carbocycles. The van der Waals surface area contributed by atoms with Crippen LogP contribution in [0.1, 0.15) is 42.5 Å². The summed E-state index contributed by atoms with van der Waals surface area (Å²) in [6, 6.07) is 11.9. The van der Waals surface area contributed by atoms with Gasteiger partial charge in [0.25, 0.3) is 0 Å². The van der Waals surface area contributed by atoms with Gasteiger partial charge in [-0.2, -0.15) is 0 Å². The fourth-order valence-corrected chi connectivity index (χ4v) is 3.82. The van der Waals surface area contributed by atoms with Gasteiger partial charge in [-0.15, -0.1) is 0 Å². The molecule has 1 fully saturated rings. The highest BCUT2D eigenvalue weighted by Gasteiger charge is 2.25. The van der Waals surface area contributed by atoms with Gasteiger partial charge >= 0.3 is 0 Å². The quantitative estimate of drug-likeness (QED) is 0.764. The van der Waals surface area contributed by atoms with Crippen LogP contribution in [0.5, 0.6) is 11.5 Å². The van der Waals surface area contributed by atoms with Gasteiger partial charge in [0, 0.05) is 36.8 Å². The Kier molecular flexibility index (Phi) is 6.64. The predicted octanol–water partition coefficient (Wildman–Crippen LogP) is 4.50. The number of ether oxygens (including phenoxy) is 1. The van der Waals surface area contributed by atoms with Gasteiger partial charge in [0.15, 0.2) is 0 Å². The van der Waals surface area contributed by atoms with E-state index in [1.165, 1.54) is 0 Å². The molecule has 1 aliphatic heterocycles. The zero-order valence-electron chi connectivity index (χ0n) is 16.3. The predicted molar refractivity (Wildman–Crippen MR) is 111 cm³/mol. The molecule has 2 aromatic rings. The van der Waals surface area contributed by atoms with E-state index in [1.54, 1.807) is 0 Å². The lowest BCUT2D eigenvalue weighted by molar-refractivity contribution is 0.120. The molecule has 5 heteroatoms. The highest BCUT2D eigenvalue weighted by atomic mass is 35.5. The van der Waals surface area contributed by atoms with E-state index in [2.05, 4.69) is 30.1 Å². The van der Waals surface area contributed by atoms with Crippen molar-refractivity contribution in [3.63, 3.8) is 0 Å². The lowest BCUT2D eigenvalue weighted by atomic mass is 9.99.